The summed E-state index contributed by atoms with van der Waals surface area (Å²) < 4.78 is 0. The molecular formula is C78H48N10. The van der Waals surface area contributed by atoms with Gasteiger partial charge in [0, 0.05) is 78.2 Å². The van der Waals surface area contributed by atoms with Gasteiger partial charge in [0.2, 0.25) is 0 Å². The minimum atomic E-state index is -0.0370. The van der Waals surface area contributed by atoms with E-state index in [1.165, 1.54) is 33.4 Å². The molecular weight excluding hydrogens is 1080 g/mol. The molecule has 0 spiro atoms. The van der Waals surface area contributed by atoms with Gasteiger partial charge in [0.25, 0.3) is 0 Å². The van der Waals surface area contributed by atoms with Crippen LogP contribution in [0, 0.1) is 0 Å². The predicted molar refractivity (Wildman–Crippen MR) is 349 cm³/mol. The first-order valence-electron chi connectivity index (χ1n) is 29.4. The lowest BCUT2D eigenvalue weighted by molar-refractivity contribution is 0.754. The molecule has 10 nitrogen and oxygen atoms in total. The molecule has 15 aromatic rings. The molecule has 410 valence electrons. The van der Waals surface area contributed by atoms with Crippen LogP contribution in [0.4, 0.5) is 0 Å². The number of hydrogen-bond donors (Lipinski definition) is 0. The Morgan fingerprint density at radius 3 is 0.773 bits per heavy atom. The maximum atomic E-state index is 5.26. The van der Waals surface area contributed by atoms with Crippen LogP contribution in [-0.2, 0) is 0 Å². The molecule has 2 bridgehead atoms. The van der Waals surface area contributed by atoms with Crippen molar-refractivity contribution in [1.82, 2.24) is 49.8 Å². The van der Waals surface area contributed by atoms with Crippen LogP contribution in [0.25, 0.3) is 135 Å². The molecule has 88 heavy (non-hydrogen) atoms. The van der Waals surface area contributed by atoms with E-state index in [1.807, 2.05) is 133 Å². The summed E-state index contributed by atoms with van der Waals surface area (Å²) in [5, 5.41) is 2.02. The molecule has 3 aliphatic rings. The topological polar surface area (TPSA) is 129 Å². The van der Waals surface area contributed by atoms with Crippen molar-refractivity contribution in [3.05, 3.63) is 312 Å². The van der Waals surface area contributed by atoms with E-state index >= 15 is 0 Å². The van der Waals surface area contributed by atoms with Crippen molar-refractivity contribution in [2.45, 2.75) is 11.8 Å². The highest BCUT2D eigenvalue weighted by Gasteiger charge is 2.42. The zero-order valence-electron chi connectivity index (χ0n) is 47.2. The van der Waals surface area contributed by atoms with Gasteiger partial charge in [-0.25, -0.2) is 49.8 Å². The highest BCUT2D eigenvalue weighted by atomic mass is 15.0. The highest BCUT2D eigenvalue weighted by Crippen LogP contribution is 2.57. The van der Waals surface area contributed by atoms with E-state index in [-0.39, 0.29) is 11.8 Å². The lowest BCUT2D eigenvalue weighted by Gasteiger charge is -2.42. The van der Waals surface area contributed by atoms with Crippen LogP contribution < -0.4 is 0 Å². The molecule has 2 unspecified atom stereocenters. The summed E-state index contributed by atoms with van der Waals surface area (Å²) in [6.07, 6.45) is 0. The summed E-state index contributed by atoms with van der Waals surface area (Å²) >= 11 is 0. The second-order valence-corrected chi connectivity index (χ2v) is 22.2. The standard InChI is InChI=1S/C78H48N10/c1-5-19-47(20-6-1)69-61-29-15-17-31-65(61)79-71(81-69)51-33-37-53(38-34-51)75-83-73(49-23-9-3-10-24-49)85-77(87-75)55-41-43-59-63(45-55)67-57-27-13-14-28-58(57)68(59)64-46-56(42-44-60(64)67)78-86-74(50-25-11-4-12-26-50)84-76(88-78)54-39-35-52(36-40-54)72-80-66-32-18-16-30-62(66)70(82-72)48-21-7-2-8-22-48/h1-46,67-68H. The molecule has 0 N–H and O–H groups in total. The van der Waals surface area contributed by atoms with Crippen LogP contribution in [0.15, 0.2) is 279 Å². The number of fused-ring (bicyclic) bond motifs is 2. The third-order valence-corrected chi connectivity index (χ3v) is 17.0. The summed E-state index contributed by atoms with van der Waals surface area (Å²) in [6, 6.07) is 96.0. The van der Waals surface area contributed by atoms with E-state index in [4.69, 9.17) is 49.8 Å². The van der Waals surface area contributed by atoms with Gasteiger partial charge >= 0.3 is 0 Å². The number of para-hydroxylation sites is 2. The normalized spacial score (nSPS) is 13.7. The molecule has 4 aromatic heterocycles. The predicted octanol–water partition coefficient (Wildman–Crippen LogP) is 17.6. The maximum Gasteiger partial charge on any atom is 0.164 e. The van der Waals surface area contributed by atoms with Crippen LogP contribution in [-0.4, -0.2) is 49.8 Å². The fourth-order valence-corrected chi connectivity index (χ4v) is 12.8. The van der Waals surface area contributed by atoms with E-state index in [2.05, 4.69) is 146 Å². The first-order valence-corrected chi connectivity index (χ1v) is 29.4. The average molecular weight is 1130 g/mol. The first-order chi connectivity index (χ1) is 43.6. The van der Waals surface area contributed by atoms with Crippen molar-refractivity contribution in [1.29, 1.82) is 0 Å². The minimum absolute atomic E-state index is 0.0370. The van der Waals surface area contributed by atoms with Gasteiger partial charge in [-0.15, -0.1) is 0 Å². The first kappa shape index (κ1) is 50.6. The molecule has 18 rings (SSSR count). The lowest BCUT2D eigenvalue weighted by atomic mass is 9.61. The summed E-state index contributed by atoms with van der Waals surface area (Å²) in [5.41, 5.74) is 20.4. The van der Waals surface area contributed by atoms with Gasteiger partial charge in [-0.2, -0.15) is 0 Å². The molecule has 0 saturated heterocycles. The van der Waals surface area contributed by atoms with Gasteiger partial charge in [0.15, 0.2) is 46.6 Å². The van der Waals surface area contributed by atoms with E-state index in [9.17, 15) is 0 Å². The molecule has 11 aromatic carbocycles. The quantitative estimate of drug-likeness (QED) is 0.130. The Morgan fingerprint density at radius 1 is 0.170 bits per heavy atom. The van der Waals surface area contributed by atoms with Crippen molar-refractivity contribution < 1.29 is 0 Å². The van der Waals surface area contributed by atoms with Crippen LogP contribution in [0.3, 0.4) is 0 Å². The average Bonchev–Trinajstić information content (AvgIpc) is 0.909. The van der Waals surface area contributed by atoms with Gasteiger partial charge in [-0.3, -0.25) is 0 Å². The third-order valence-electron chi connectivity index (χ3n) is 17.0. The second-order valence-electron chi connectivity index (χ2n) is 22.2. The zero-order valence-corrected chi connectivity index (χ0v) is 47.2. The molecule has 4 heterocycles. The number of aromatic nitrogens is 10. The summed E-state index contributed by atoms with van der Waals surface area (Å²) in [6.45, 7) is 0. The fourth-order valence-electron chi connectivity index (χ4n) is 12.8. The molecule has 10 heteroatoms. The number of rotatable bonds is 10. The Labute approximate surface area is 506 Å². The van der Waals surface area contributed by atoms with Crippen LogP contribution in [0.5, 0.6) is 0 Å². The Balaban J connectivity index is 0.727. The van der Waals surface area contributed by atoms with E-state index in [1.54, 1.807) is 0 Å². The second kappa shape index (κ2) is 21.0. The number of benzene rings is 11. The van der Waals surface area contributed by atoms with E-state index in [0.29, 0.717) is 46.6 Å². The van der Waals surface area contributed by atoms with Crippen molar-refractivity contribution in [3.63, 3.8) is 0 Å². The molecule has 2 atom stereocenters. The smallest absolute Gasteiger partial charge is 0.164 e. The van der Waals surface area contributed by atoms with E-state index < -0.39 is 0 Å². The monoisotopic (exact) mass is 1120 g/mol. The molecule has 3 aliphatic carbocycles. The summed E-state index contributed by atoms with van der Waals surface area (Å²) in [5.74, 6) is 4.76. The summed E-state index contributed by atoms with van der Waals surface area (Å²) in [4.78, 5) is 51.5. The summed E-state index contributed by atoms with van der Waals surface area (Å²) in [7, 11) is 0. The van der Waals surface area contributed by atoms with E-state index in [0.717, 1.165) is 88.8 Å². The Hall–Kier alpha value is -11.9. The van der Waals surface area contributed by atoms with Crippen LogP contribution in [0.2, 0.25) is 0 Å². The highest BCUT2D eigenvalue weighted by molar-refractivity contribution is 5.95. The SMILES string of the molecule is c1ccc(-c2nc(-c3ccc(-c4nc(-c5ccccc5)c5ccccc5n4)cc3)nc(-c3ccc4c(c3)C3c5ccccc5C4c4cc(-c5nc(-c6ccccc6)nc(-c6ccc(-c7nc(-c8ccccc8)c8ccccc8n7)cc6)n5)ccc43)n2)cc1. The number of hydrogen-bond acceptors (Lipinski definition) is 10. The molecule has 0 amide bonds. The molecule has 0 saturated carbocycles. The minimum Gasteiger partial charge on any atom is -0.228 e. The van der Waals surface area contributed by atoms with Crippen molar-refractivity contribution in [2.75, 3.05) is 0 Å². The fraction of sp³-hybridized carbons (Fsp3) is 0.0256. The van der Waals surface area contributed by atoms with Crippen molar-refractivity contribution in [3.8, 4) is 114 Å². The van der Waals surface area contributed by atoms with Crippen LogP contribution in [0.1, 0.15) is 45.2 Å². The van der Waals surface area contributed by atoms with Crippen LogP contribution >= 0.6 is 0 Å². The maximum absolute atomic E-state index is 5.26. The third kappa shape index (κ3) is 8.89. The Morgan fingerprint density at radius 2 is 0.420 bits per heavy atom. The van der Waals surface area contributed by atoms with Gasteiger partial charge in [0.1, 0.15) is 0 Å². The number of nitrogens with zero attached hydrogens (tertiary/aromatic N) is 10. The molecule has 0 radical (unpaired) electrons. The largest absolute Gasteiger partial charge is 0.228 e. The van der Waals surface area contributed by atoms with Gasteiger partial charge < -0.3 is 0 Å². The van der Waals surface area contributed by atoms with Gasteiger partial charge in [-0.05, 0) is 57.6 Å². The Bertz CT molecular complexity index is 4870. The van der Waals surface area contributed by atoms with Crippen molar-refractivity contribution in [2.24, 2.45) is 0 Å². The lowest BCUT2D eigenvalue weighted by Crippen LogP contribution is -2.27. The van der Waals surface area contributed by atoms with Gasteiger partial charge in [0.05, 0.1) is 22.4 Å². The van der Waals surface area contributed by atoms with Gasteiger partial charge in [-0.1, -0.05) is 255 Å². The molecule has 0 fully saturated rings. The zero-order chi connectivity index (χ0) is 58.1. The molecule has 0 aliphatic heterocycles. The Kier molecular flexibility index (Phi) is 12.1. The van der Waals surface area contributed by atoms with Crippen molar-refractivity contribution >= 4 is 21.8 Å².